The molecule has 0 aliphatic carbocycles. The first kappa shape index (κ1) is 5.19. The van der Waals surface area contributed by atoms with Crippen molar-refractivity contribution in [1.29, 1.82) is 5.26 Å². The van der Waals surface area contributed by atoms with Crippen LogP contribution in [0.1, 0.15) is 8.30 Å². The van der Waals surface area contributed by atoms with E-state index in [0.29, 0.717) is 0 Å². The number of rotatable bonds is 0. The van der Waals surface area contributed by atoms with Crippen LogP contribution in [0.25, 0.3) is 0 Å². The van der Waals surface area contributed by atoms with Crippen LogP contribution in [0.15, 0.2) is 12.1 Å². The smallest absolute Gasteiger partial charge is 0.146 e. The Morgan fingerprint density at radius 2 is 1.73 bits per heavy atom. The molecule has 0 saturated heterocycles. The van der Waals surface area contributed by atoms with Crippen molar-refractivity contribution in [2.75, 3.05) is 0 Å². The molecule has 0 aliphatic rings. The van der Waals surface area contributed by atoms with Crippen LogP contribution in [-0.2, 0) is 0 Å². The second-order valence-electron chi connectivity index (χ2n) is 1.68. The zero-order chi connectivity index (χ0) is 10.2. The van der Waals surface area contributed by atoms with E-state index in [2.05, 4.69) is 0 Å². The Kier molecular flexibility index (Phi) is 1.24. The molecule has 0 amide bonds. The summed E-state index contributed by atoms with van der Waals surface area (Å²) in [6.45, 7) is 0. The maximum Gasteiger partial charge on any atom is 0.146 e. The average Bonchev–Trinajstić information content (AvgIpc) is 2.13. The van der Waals surface area contributed by atoms with Gasteiger partial charge in [-0.15, -0.1) is 0 Å². The normalized spacial score (nSPS) is 11.8. The van der Waals surface area contributed by atoms with Crippen molar-refractivity contribution in [3.05, 3.63) is 35.1 Å². The second-order valence-corrected chi connectivity index (χ2v) is 1.68. The maximum absolute atomic E-state index is 12.7. The van der Waals surface area contributed by atoms with Crippen LogP contribution in [-0.4, -0.2) is 0 Å². The second kappa shape index (κ2) is 2.62. The zero-order valence-corrected chi connectivity index (χ0v) is 5.08. The van der Waals surface area contributed by atoms with E-state index in [4.69, 9.17) is 8.00 Å². The number of hydrogen-bond donors (Lipinski definition) is 0. The lowest BCUT2D eigenvalue weighted by Gasteiger charge is -1.94. The molecule has 0 fully saturated rings. The van der Waals surface area contributed by atoms with Gasteiger partial charge in [-0.2, -0.15) is 5.26 Å². The summed E-state index contributed by atoms with van der Waals surface area (Å²) in [5, 5.41) is 8.22. The fraction of sp³-hybridized carbons (Fsp3) is 0. The minimum atomic E-state index is -1.60. The van der Waals surface area contributed by atoms with Gasteiger partial charge in [-0.1, -0.05) is 0 Å². The van der Waals surface area contributed by atoms with E-state index >= 15 is 0 Å². The topological polar surface area (TPSA) is 23.8 Å². The Morgan fingerprint density at radius 3 is 2.09 bits per heavy atom. The monoisotopic (exact) mass is 159 g/mol. The highest BCUT2D eigenvalue weighted by molar-refractivity contribution is 5.31. The lowest BCUT2D eigenvalue weighted by atomic mass is 10.2. The summed E-state index contributed by atoms with van der Waals surface area (Å²) in [6, 6.07) is -1.41. The Hall–Kier alpha value is -1.50. The van der Waals surface area contributed by atoms with Crippen LogP contribution >= 0.6 is 0 Å². The number of hydrogen-bond acceptors (Lipinski definition) is 1. The van der Waals surface area contributed by atoms with Crippen LogP contribution in [0.5, 0.6) is 0 Å². The first-order valence-corrected chi connectivity index (χ1v) is 2.54. The predicted octanol–water partition coefficient (Wildman–Crippen LogP) is 1.98. The van der Waals surface area contributed by atoms with Gasteiger partial charge in [0.05, 0.1) is 2.74 Å². The van der Waals surface area contributed by atoms with E-state index in [-0.39, 0.29) is 0 Å². The quantitative estimate of drug-likeness (QED) is 0.567. The summed E-state index contributed by atoms with van der Waals surface area (Å²) < 4.78 is 51.5. The highest BCUT2D eigenvalue weighted by Gasteiger charge is 2.09. The van der Waals surface area contributed by atoms with Gasteiger partial charge in [0.2, 0.25) is 0 Å². The summed E-state index contributed by atoms with van der Waals surface area (Å²) in [5.74, 6) is -4.75. The van der Waals surface area contributed by atoms with E-state index in [1.165, 1.54) is 0 Å². The van der Waals surface area contributed by atoms with Crippen molar-refractivity contribution in [1.82, 2.24) is 0 Å². The number of benzene rings is 1. The molecule has 0 heterocycles. The third kappa shape index (κ3) is 1.32. The summed E-state index contributed by atoms with van der Waals surface area (Å²) in [7, 11) is 0. The summed E-state index contributed by atoms with van der Waals surface area (Å²) in [6.07, 6.45) is 0. The Labute approximate surface area is 63.5 Å². The SMILES string of the molecule is [2H]c1c(F)c([2H])c(F)c(C#N)c1F. The fourth-order valence-corrected chi connectivity index (χ4v) is 0.543. The third-order valence-corrected chi connectivity index (χ3v) is 0.990. The van der Waals surface area contributed by atoms with Gasteiger partial charge in [0, 0.05) is 12.1 Å². The Morgan fingerprint density at radius 1 is 1.27 bits per heavy atom. The van der Waals surface area contributed by atoms with Crippen LogP contribution in [0, 0.1) is 28.8 Å². The van der Waals surface area contributed by atoms with Gasteiger partial charge < -0.3 is 0 Å². The van der Waals surface area contributed by atoms with Crippen LogP contribution in [0.3, 0.4) is 0 Å². The summed E-state index contributed by atoms with van der Waals surface area (Å²) in [5.41, 5.74) is -1.10. The van der Waals surface area contributed by atoms with Gasteiger partial charge in [-0.3, -0.25) is 0 Å². The van der Waals surface area contributed by atoms with Crippen molar-refractivity contribution in [2.45, 2.75) is 0 Å². The molecule has 1 rings (SSSR count). The molecule has 0 N–H and O–H groups in total. The molecule has 11 heavy (non-hydrogen) atoms. The lowest BCUT2D eigenvalue weighted by molar-refractivity contribution is 0.539. The molecular formula is C7H2F3N. The van der Waals surface area contributed by atoms with Gasteiger partial charge in [0.25, 0.3) is 0 Å². The van der Waals surface area contributed by atoms with Crippen molar-refractivity contribution >= 4 is 0 Å². The molecule has 0 aromatic heterocycles. The minimum Gasteiger partial charge on any atom is -0.207 e. The molecule has 1 nitrogen and oxygen atoms in total. The molecule has 1 aromatic carbocycles. The minimum absolute atomic E-state index is 1.10. The van der Waals surface area contributed by atoms with Gasteiger partial charge in [-0.05, 0) is 0 Å². The fourth-order valence-electron chi connectivity index (χ4n) is 0.543. The van der Waals surface area contributed by atoms with Crippen LogP contribution in [0.2, 0.25) is 0 Å². The standard InChI is InChI=1S/C7H2F3N/c8-4-1-6(9)5(3-11)7(10)2-4/h1-2H/i1D,2D. The van der Waals surface area contributed by atoms with Crippen molar-refractivity contribution in [3.8, 4) is 6.07 Å². The highest BCUT2D eigenvalue weighted by Crippen LogP contribution is 2.12. The van der Waals surface area contributed by atoms with E-state index < -0.39 is 35.1 Å². The molecule has 1 aromatic rings. The number of nitrogens with zero attached hydrogens (tertiary/aromatic N) is 1. The lowest BCUT2D eigenvalue weighted by Crippen LogP contribution is -1.91. The number of halogens is 3. The van der Waals surface area contributed by atoms with Gasteiger partial charge in [0.1, 0.15) is 29.1 Å². The molecule has 0 aliphatic heterocycles. The first-order chi connectivity index (χ1) is 6.00. The molecule has 0 saturated carbocycles. The van der Waals surface area contributed by atoms with Gasteiger partial charge >= 0.3 is 0 Å². The third-order valence-electron chi connectivity index (χ3n) is 0.990. The molecular weight excluding hydrogens is 155 g/mol. The molecule has 4 heteroatoms. The highest BCUT2D eigenvalue weighted by atomic mass is 19.1. The van der Waals surface area contributed by atoms with Crippen LogP contribution in [0.4, 0.5) is 13.2 Å². The van der Waals surface area contributed by atoms with E-state index in [1.807, 2.05) is 0 Å². The Bertz CT molecular complexity index is 382. The summed E-state index contributed by atoms with van der Waals surface area (Å²) >= 11 is 0. The van der Waals surface area contributed by atoms with Crippen molar-refractivity contribution < 1.29 is 15.9 Å². The van der Waals surface area contributed by atoms with E-state index in [9.17, 15) is 13.2 Å². The van der Waals surface area contributed by atoms with Gasteiger partial charge in [0.15, 0.2) is 0 Å². The zero-order valence-electron chi connectivity index (χ0n) is 7.08. The predicted molar refractivity (Wildman–Crippen MR) is 31.0 cm³/mol. The maximum atomic E-state index is 12.7. The number of nitriles is 1. The molecule has 0 spiro atoms. The first-order valence-electron chi connectivity index (χ1n) is 3.54. The average molecular weight is 159 g/mol. The van der Waals surface area contributed by atoms with Crippen molar-refractivity contribution in [3.63, 3.8) is 0 Å². The van der Waals surface area contributed by atoms with Crippen molar-refractivity contribution in [2.24, 2.45) is 0 Å². The molecule has 0 unspecified atom stereocenters. The van der Waals surface area contributed by atoms with E-state index in [1.54, 1.807) is 0 Å². The summed E-state index contributed by atoms with van der Waals surface area (Å²) in [4.78, 5) is 0. The molecule has 0 bridgehead atoms. The molecule has 56 valence electrons. The largest absolute Gasteiger partial charge is 0.207 e. The molecule has 0 radical (unpaired) electrons. The Balaban J connectivity index is 3.69. The van der Waals surface area contributed by atoms with Gasteiger partial charge in [-0.25, -0.2) is 13.2 Å². The van der Waals surface area contributed by atoms with E-state index in [0.717, 1.165) is 6.07 Å². The molecule has 0 atom stereocenters. The van der Waals surface area contributed by atoms with Crippen LogP contribution < -0.4 is 0 Å².